The van der Waals surface area contributed by atoms with E-state index in [9.17, 15) is 9.90 Å². The van der Waals surface area contributed by atoms with Gasteiger partial charge in [0.15, 0.2) is 5.78 Å². The third kappa shape index (κ3) is 4.67. The van der Waals surface area contributed by atoms with Gasteiger partial charge in [0.05, 0.1) is 5.69 Å². The highest BCUT2D eigenvalue weighted by Crippen LogP contribution is 2.68. The normalized spacial score (nSPS) is 37.2. The second-order valence-electron chi connectivity index (χ2n) is 13.9. The Bertz CT molecular complexity index is 1170. The Labute approximate surface area is 222 Å². The fraction of sp³-hybridized carbons (Fsp3) is 0.667. The molecule has 4 aliphatic carbocycles. The summed E-state index contributed by atoms with van der Waals surface area (Å²) in [6, 6.07) is 5.87. The van der Waals surface area contributed by atoms with Crippen LogP contribution in [0.3, 0.4) is 0 Å². The van der Waals surface area contributed by atoms with Crippen LogP contribution in [0.2, 0.25) is 0 Å². The Balaban J connectivity index is 1.59. The Hall–Kier alpha value is -2.12. The monoisotopic (exact) mass is 505 g/mol. The van der Waals surface area contributed by atoms with Gasteiger partial charge in [-0.25, -0.2) is 4.39 Å². The second-order valence-corrected chi connectivity index (χ2v) is 13.9. The van der Waals surface area contributed by atoms with Gasteiger partial charge >= 0.3 is 0 Å². The zero-order valence-electron chi connectivity index (χ0n) is 23.5. The van der Waals surface area contributed by atoms with Crippen molar-refractivity contribution in [2.24, 2.45) is 34.5 Å². The lowest BCUT2D eigenvalue weighted by atomic mass is 9.46. The lowest BCUT2D eigenvalue weighted by Gasteiger charge is -2.58. The van der Waals surface area contributed by atoms with E-state index < -0.39 is 5.60 Å². The van der Waals surface area contributed by atoms with E-state index >= 15 is 4.39 Å². The minimum atomic E-state index is -1.04. The number of nitrogens with one attached hydrogen (secondary N) is 1. The summed E-state index contributed by atoms with van der Waals surface area (Å²) in [5, 5.41) is 15.3. The lowest BCUT2D eigenvalue weighted by molar-refractivity contribution is -0.117. The summed E-state index contributed by atoms with van der Waals surface area (Å²) in [6.45, 7) is 12.6. The second kappa shape index (κ2) is 9.26. The van der Waals surface area contributed by atoms with Gasteiger partial charge < -0.3 is 10.4 Å². The van der Waals surface area contributed by atoms with Crippen LogP contribution in [0.1, 0.15) is 98.0 Å². The van der Waals surface area contributed by atoms with Gasteiger partial charge in [0.2, 0.25) is 0 Å². The summed E-state index contributed by atoms with van der Waals surface area (Å²) in [5.74, 6) is 8.47. The zero-order valence-corrected chi connectivity index (χ0v) is 23.5. The highest BCUT2D eigenvalue weighted by Gasteiger charge is 2.64. The topological polar surface area (TPSA) is 49.3 Å². The first-order valence-electron chi connectivity index (χ1n) is 14.4. The van der Waals surface area contributed by atoms with E-state index in [1.165, 1.54) is 5.57 Å². The van der Waals surface area contributed by atoms with E-state index in [0.29, 0.717) is 42.2 Å². The molecular weight excluding hydrogens is 461 g/mol. The number of carbonyl (C=O) groups is 1. The molecule has 4 aliphatic rings. The van der Waals surface area contributed by atoms with Gasteiger partial charge in [-0.2, -0.15) is 0 Å². The van der Waals surface area contributed by atoms with Gasteiger partial charge in [-0.1, -0.05) is 30.4 Å². The van der Waals surface area contributed by atoms with Crippen LogP contribution < -0.4 is 5.32 Å². The van der Waals surface area contributed by atoms with Crippen molar-refractivity contribution in [3.63, 3.8) is 0 Å². The standard InChI is InChI=1S/C33H44FNO2/c1-20(2)35-29-12-8-22(18-28(29)34)26-19-32(6)27(13-14-33(32,37)16-15-31(3,4)5)25-10-7-21-17-23(36)9-11-24(21)30(25)26/h8,12,17-18,20,24-27,30,35,37H,7,9-11,13-14,19H2,1-6H3/t24-,25-,26+,27-,30+,32-,33+/m0/s1. The van der Waals surface area contributed by atoms with Crippen molar-refractivity contribution in [1.82, 2.24) is 0 Å². The molecule has 0 bridgehead atoms. The third-order valence-corrected chi connectivity index (χ3v) is 9.97. The fourth-order valence-electron chi connectivity index (χ4n) is 8.34. The minimum Gasteiger partial charge on any atom is -0.381 e. The molecule has 0 amide bonds. The summed E-state index contributed by atoms with van der Waals surface area (Å²) in [6.07, 6.45) is 7.91. The average molecular weight is 506 g/mol. The summed E-state index contributed by atoms with van der Waals surface area (Å²) < 4.78 is 15.4. The Morgan fingerprint density at radius 1 is 1.14 bits per heavy atom. The molecule has 37 heavy (non-hydrogen) atoms. The molecule has 0 unspecified atom stereocenters. The van der Waals surface area contributed by atoms with E-state index in [1.807, 2.05) is 26.0 Å². The molecule has 0 aliphatic heterocycles. The van der Waals surface area contributed by atoms with Gasteiger partial charge in [0, 0.05) is 23.3 Å². The van der Waals surface area contributed by atoms with Gasteiger partial charge in [-0.3, -0.25) is 4.79 Å². The van der Waals surface area contributed by atoms with Crippen molar-refractivity contribution in [1.29, 1.82) is 0 Å². The van der Waals surface area contributed by atoms with Crippen LogP contribution in [0.4, 0.5) is 10.1 Å². The smallest absolute Gasteiger partial charge is 0.155 e. The predicted octanol–water partition coefficient (Wildman–Crippen LogP) is 7.26. The van der Waals surface area contributed by atoms with Crippen LogP contribution in [0, 0.1) is 52.2 Å². The highest BCUT2D eigenvalue weighted by molar-refractivity contribution is 5.91. The van der Waals surface area contributed by atoms with Crippen molar-refractivity contribution in [2.45, 2.75) is 104 Å². The molecule has 0 spiro atoms. The zero-order chi connectivity index (χ0) is 26.8. The predicted molar refractivity (Wildman–Crippen MR) is 148 cm³/mol. The first-order valence-corrected chi connectivity index (χ1v) is 14.4. The number of halogens is 1. The molecular formula is C33H44FNO2. The Morgan fingerprint density at radius 3 is 2.57 bits per heavy atom. The van der Waals surface area contributed by atoms with Gasteiger partial charge in [-0.05, 0) is 127 Å². The van der Waals surface area contributed by atoms with Crippen molar-refractivity contribution in [3.8, 4) is 11.8 Å². The van der Waals surface area contributed by atoms with Crippen molar-refractivity contribution >= 4 is 11.5 Å². The molecule has 0 heterocycles. The van der Waals surface area contributed by atoms with Crippen molar-refractivity contribution in [2.75, 3.05) is 5.32 Å². The molecule has 1 aromatic carbocycles. The number of ketones is 1. The number of carbonyl (C=O) groups excluding carboxylic acids is 1. The van der Waals surface area contributed by atoms with Crippen LogP contribution in [0.5, 0.6) is 0 Å². The molecule has 1 aromatic rings. The molecule has 3 fully saturated rings. The van der Waals surface area contributed by atoms with Crippen LogP contribution in [-0.4, -0.2) is 22.5 Å². The Kier molecular flexibility index (Phi) is 6.63. The summed E-state index contributed by atoms with van der Waals surface area (Å²) >= 11 is 0. The summed E-state index contributed by atoms with van der Waals surface area (Å²) in [5.41, 5.74) is 1.31. The maximum atomic E-state index is 15.4. The highest BCUT2D eigenvalue weighted by atomic mass is 19.1. The average Bonchev–Trinajstić information content (AvgIpc) is 3.08. The number of aliphatic hydroxyl groups is 1. The summed E-state index contributed by atoms with van der Waals surface area (Å²) in [7, 11) is 0. The molecule has 0 aromatic heterocycles. The minimum absolute atomic E-state index is 0.122. The maximum absolute atomic E-state index is 15.4. The molecule has 5 rings (SSSR count). The lowest BCUT2D eigenvalue weighted by Crippen LogP contribution is -2.54. The number of hydrogen-bond acceptors (Lipinski definition) is 3. The van der Waals surface area contributed by atoms with Crippen LogP contribution in [0.15, 0.2) is 29.8 Å². The third-order valence-electron chi connectivity index (χ3n) is 9.97. The largest absolute Gasteiger partial charge is 0.381 e. The van der Waals surface area contributed by atoms with Crippen LogP contribution in [-0.2, 0) is 4.79 Å². The number of rotatable bonds is 3. The summed E-state index contributed by atoms with van der Waals surface area (Å²) in [4.78, 5) is 12.3. The fourth-order valence-corrected chi connectivity index (χ4v) is 8.34. The number of allylic oxidation sites excluding steroid dienone is 1. The number of benzene rings is 1. The molecule has 200 valence electrons. The number of hydrogen-bond donors (Lipinski definition) is 2. The SMILES string of the molecule is CC(C)Nc1ccc([C@H]2C[C@@]3(C)[C@@H](CC[C@@]3(O)C#CC(C)(C)C)[C@@H]3CCC4=CC(=O)CC[C@@H]4[C@H]32)cc1F. The molecule has 2 N–H and O–H groups in total. The maximum Gasteiger partial charge on any atom is 0.155 e. The molecule has 7 atom stereocenters. The van der Waals surface area contributed by atoms with Crippen LogP contribution >= 0.6 is 0 Å². The van der Waals surface area contributed by atoms with E-state index in [4.69, 9.17) is 0 Å². The number of fused-ring (bicyclic) bond motifs is 5. The van der Waals surface area contributed by atoms with Gasteiger partial charge in [0.25, 0.3) is 0 Å². The first kappa shape index (κ1) is 26.5. The van der Waals surface area contributed by atoms with E-state index in [0.717, 1.165) is 37.7 Å². The van der Waals surface area contributed by atoms with Crippen molar-refractivity contribution < 1.29 is 14.3 Å². The van der Waals surface area contributed by atoms with E-state index in [1.54, 1.807) is 6.07 Å². The van der Waals surface area contributed by atoms with Crippen molar-refractivity contribution in [3.05, 3.63) is 41.2 Å². The van der Waals surface area contributed by atoms with Crippen LogP contribution in [0.25, 0.3) is 0 Å². The molecule has 3 saturated carbocycles. The van der Waals surface area contributed by atoms with E-state index in [-0.39, 0.29) is 34.4 Å². The first-order chi connectivity index (χ1) is 17.3. The van der Waals surface area contributed by atoms with Gasteiger partial charge in [-0.15, -0.1) is 0 Å². The quantitative estimate of drug-likeness (QED) is 0.425. The molecule has 4 heteroatoms. The molecule has 0 saturated heterocycles. The Morgan fingerprint density at radius 2 is 1.89 bits per heavy atom. The van der Waals surface area contributed by atoms with E-state index in [2.05, 4.69) is 50.9 Å². The van der Waals surface area contributed by atoms with Gasteiger partial charge in [0.1, 0.15) is 11.4 Å². The molecule has 3 nitrogen and oxygen atoms in total. The number of anilines is 1. The molecule has 0 radical (unpaired) electrons.